The zero-order chi connectivity index (χ0) is 36.1. The molecule has 2 aromatic carbocycles. The summed E-state index contributed by atoms with van der Waals surface area (Å²) in [4.78, 5) is 23.2. The van der Waals surface area contributed by atoms with E-state index in [4.69, 9.17) is 19.0 Å². The molecule has 0 saturated heterocycles. The minimum atomic E-state index is -4.13. The van der Waals surface area contributed by atoms with Crippen LogP contribution in [0.25, 0.3) is 16.0 Å². The Hall–Kier alpha value is -4.27. The molecule has 0 radical (unpaired) electrons. The molecule has 0 atom stereocenters. The van der Waals surface area contributed by atoms with Crippen molar-refractivity contribution in [2.75, 3.05) is 42.8 Å². The zero-order valence-corrected chi connectivity index (χ0v) is 31.7. The number of methoxy groups -OCH3 is 1. The van der Waals surface area contributed by atoms with Crippen molar-refractivity contribution in [3.63, 3.8) is 0 Å². The molecule has 266 valence electrons. The summed E-state index contributed by atoms with van der Waals surface area (Å²) in [5.74, 6) is 0.534. The summed E-state index contributed by atoms with van der Waals surface area (Å²) in [5, 5.41) is 5.78. The summed E-state index contributed by atoms with van der Waals surface area (Å²) in [6, 6.07) is 21.1. The number of benzene rings is 2. The first-order chi connectivity index (χ1) is 24.7. The fraction of sp³-hybridized carbons (Fsp3) is 0.289. The van der Waals surface area contributed by atoms with Gasteiger partial charge in [-0.2, -0.15) is 0 Å². The van der Waals surface area contributed by atoms with Crippen molar-refractivity contribution >= 4 is 55.4 Å². The second-order valence-electron chi connectivity index (χ2n) is 11.8. The summed E-state index contributed by atoms with van der Waals surface area (Å²) in [6.07, 6.45) is 3.59. The van der Waals surface area contributed by atoms with Crippen LogP contribution in [0.1, 0.15) is 52.5 Å². The molecule has 0 N–H and O–H groups in total. The van der Waals surface area contributed by atoms with Crippen molar-refractivity contribution in [1.29, 1.82) is 0 Å². The zero-order valence-electron chi connectivity index (χ0n) is 29.2. The summed E-state index contributed by atoms with van der Waals surface area (Å²) < 4.78 is 45.8. The lowest BCUT2D eigenvalue weighted by Crippen LogP contribution is -2.34. The normalized spacial score (nSPS) is 12.9. The van der Waals surface area contributed by atoms with E-state index in [9.17, 15) is 13.2 Å². The number of nitrogens with zero attached hydrogens (tertiary/aromatic N) is 4. The number of fused-ring (bicyclic) bond motifs is 1. The van der Waals surface area contributed by atoms with Crippen LogP contribution < -0.4 is 9.21 Å². The maximum atomic E-state index is 14.2. The molecular weight excluding hydrogens is 705 g/mol. The Morgan fingerprint density at radius 3 is 2.47 bits per heavy atom. The van der Waals surface area contributed by atoms with Gasteiger partial charge in [0.25, 0.3) is 15.9 Å². The van der Waals surface area contributed by atoms with Crippen LogP contribution in [0.5, 0.6) is 0 Å². The van der Waals surface area contributed by atoms with Gasteiger partial charge in [0.05, 0.1) is 24.6 Å². The van der Waals surface area contributed by atoms with Gasteiger partial charge in [-0.15, -0.1) is 11.3 Å². The summed E-state index contributed by atoms with van der Waals surface area (Å²) in [6.45, 7) is 8.29. The van der Waals surface area contributed by atoms with E-state index in [1.807, 2.05) is 29.2 Å². The SMILES string of the molecule is CCc1cc2c(c(CC)n1)C(Sc1ccccc1)=CCN2C(=O)c1ccc(-c2ccsc2S(=O)(=O)N(COCCOC)c2noc(C)c2C)cc1. The molecule has 0 fully saturated rings. The van der Waals surface area contributed by atoms with Gasteiger partial charge in [0.1, 0.15) is 16.7 Å². The van der Waals surface area contributed by atoms with E-state index in [2.05, 4.69) is 37.2 Å². The van der Waals surface area contributed by atoms with E-state index < -0.39 is 10.0 Å². The maximum absolute atomic E-state index is 14.2. The minimum absolute atomic E-state index is 0.127. The van der Waals surface area contributed by atoms with Crippen LogP contribution in [0.2, 0.25) is 0 Å². The molecular formula is C38H40N4O6S3. The summed E-state index contributed by atoms with van der Waals surface area (Å²) in [5.41, 5.74) is 6.00. The van der Waals surface area contributed by atoms with Crippen LogP contribution in [0.15, 0.2) is 91.8 Å². The molecule has 6 rings (SSSR count). The molecule has 0 aliphatic carbocycles. The number of aromatic nitrogens is 2. The van der Waals surface area contributed by atoms with Gasteiger partial charge in [0, 0.05) is 51.4 Å². The monoisotopic (exact) mass is 744 g/mol. The van der Waals surface area contributed by atoms with Crippen LogP contribution in [0.3, 0.4) is 0 Å². The average Bonchev–Trinajstić information content (AvgIpc) is 3.78. The molecule has 0 saturated carbocycles. The minimum Gasteiger partial charge on any atom is -0.382 e. The standard InChI is InChI=1S/C38H40N4O6S3/c1-6-29-23-33-35(32(7-2)39-29)34(50-30-11-9-8-10-12-30)17-19-41(33)37(43)28-15-13-27(14-16-28)31-18-22-49-38(31)51(44,45)42(24-47-21-20-46-5)36-25(3)26(4)48-40-36/h8-18,22-23H,6-7,19-21,24H2,1-5H3. The lowest BCUT2D eigenvalue weighted by atomic mass is 10.0. The highest BCUT2D eigenvalue weighted by molar-refractivity contribution is 8.08. The quantitative estimate of drug-likeness (QED) is 0.0821. The van der Waals surface area contributed by atoms with Crippen molar-refractivity contribution < 1.29 is 27.2 Å². The van der Waals surface area contributed by atoms with Crippen LogP contribution in [-0.2, 0) is 32.3 Å². The number of amides is 1. The Morgan fingerprint density at radius 1 is 1.04 bits per heavy atom. The van der Waals surface area contributed by atoms with Gasteiger partial charge in [-0.1, -0.05) is 61.1 Å². The fourth-order valence-corrected chi connectivity index (χ4v) is 9.63. The summed E-state index contributed by atoms with van der Waals surface area (Å²) >= 11 is 2.79. The first-order valence-corrected chi connectivity index (χ1v) is 19.8. The number of thiophene rings is 1. The second-order valence-corrected chi connectivity index (χ2v) is 15.9. The molecule has 1 aliphatic heterocycles. The highest BCUT2D eigenvalue weighted by Gasteiger charge is 2.33. The lowest BCUT2D eigenvalue weighted by Gasteiger charge is -2.31. The largest absolute Gasteiger partial charge is 0.382 e. The molecule has 0 bridgehead atoms. The number of anilines is 2. The number of sulfonamides is 1. The number of hydrogen-bond donors (Lipinski definition) is 0. The molecule has 51 heavy (non-hydrogen) atoms. The van der Waals surface area contributed by atoms with E-state index in [0.29, 0.717) is 41.2 Å². The van der Waals surface area contributed by atoms with Crippen LogP contribution >= 0.6 is 23.1 Å². The van der Waals surface area contributed by atoms with Gasteiger partial charge in [-0.05, 0) is 80.1 Å². The number of hydrogen-bond acceptors (Lipinski definition) is 10. The van der Waals surface area contributed by atoms with E-state index in [1.165, 1.54) is 0 Å². The highest BCUT2D eigenvalue weighted by Crippen LogP contribution is 2.44. The summed E-state index contributed by atoms with van der Waals surface area (Å²) in [7, 11) is -2.58. The number of rotatable bonds is 14. The number of carbonyl (C=O) groups excluding carboxylic acids is 1. The van der Waals surface area contributed by atoms with Gasteiger partial charge in [-0.25, -0.2) is 12.7 Å². The topological polar surface area (TPSA) is 115 Å². The van der Waals surface area contributed by atoms with Crippen LogP contribution in [0.4, 0.5) is 11.5 Å². The second kappa shape index (κ2) is 16.0. The average molecular weight is 745 g/mol. The van der Waals surface area contributed by atoms with Crippen LogP contribution in [0, 0.1) is 13.8 Å². The van der Waals surface area contributed by atoms with Gasteiger partial charge >= 0.3 is 0 Å². The van der Waals surface area contributed by atoms with Crippen molar-refractivity contribution in [3.8, 4) is 11.1 Å². The van der Waals surface area contributed by atoms with E-state index in [-0.39, 0.29) is 29.3 Å². The Morgan fingerprint density at radius 2 is 1.80 bits per heavy atom. The number of thioether (sulfide) groups is 1. The predicted octanol–water partition coefficient (Wildman–Crippen LogP) is 8.15. The number of carbonyl (C=O) groups is 1. The number of aryl methyl sites for hydroxylation is 3. The van der Waals surface area contributed by atoms with E-state index in [0.717, 1.165) is 60.9 Å². The van der Waals surface area contributed by atoms with Crippen molar-refractivity contribution in [3.05, 3.63) is 112 Å². The molecule has 5 aromatic rings. The fourth-order valence-electron chi connectivity index (χ4n) is 5.76. The van der Waals surface area contributed by atoms with E-state index in [1.54, 1.807) is 68.4 Å². The predicted molar refractivity (Wildman–Crippen MR) is 203 cm³/mol. The molecule has 13 heteroatoms. The maximum Gasteiger partial charge on any atom is 0.277 e. The van der Waals surface area contributed by atoms with E-state index >= 15 is 0 Å². The third-order valence-electron chi connectivity index (χ3n) is 8.64. The Labute approximate surface area is 307 Å². The van der Waals surface area contributed by atoms with Gasteiger partial charge in [0.2, 0.25) is 0 Å². The Bertz CT molecular complexity index is 2140. The Balaban J connectivity index is 1.30. The highest BCUT2D eigenvalue weighted by atomic mass is 32.2. The van der Waals surface area contributed by atoms with Crippen molar-refractivity contribution in [2.24, 2.45) is 0 Å². The van der Waals surface area contributed by atoms with Crippen molar-refractivity contribution in [1.82, 2.24) is 10.1 Å². The third kappa shape index (κ3) is 7.54. The Kier molecular flexibility index (Phi) is 11.4. The number of pyridine rings is 1. The van der Waals surface area contributed by atoms with Gasteiger partial charge < -0.3 is 18.9 Å². The molecule has 3 aromatic heterocycles. The number of ether oxygens (including phenoxy) is 2. The molecule has 1 amide bonds. The van der Waals surface area contributed by atoms with Crippen molar-refractivity contribution in [2.45, 2.75) is 49.6 Å². The van der Waals surface area contributed by atoms with Gasteiger partial charge in [0.15, 0.2) is 5.82 Å². The smallest absolute Gasteiger partial charge is 0.277 e. The lowest BCUT2D eigenvalue weighted by molar-refractivity contribution is 0.0753. The molecule has 0 unspecified atom stereocenters. The molecule has 0 spiro atoms. The molecule has 10 nitrogen and oxygen atoms in total. The first-order valence-electron chi connectivity index (χ1n) is 16.7. The third-order valence-corrected chi connectivity index (χ3v) is 12.9. The van der Waals surface area contributed by atoms with Crippen LogP contribution in [-0.4, -0.2) is 58.1 Å². The first kappa shape index (κ1) is 36.5. The molecule has 4 heterocycles. The van der Waals surface area contributed by atoms with Gasteiger partial charge in [-0.3, -0.25) is 9.78 Å². The molecule has 1 aliphatic rings.